The molecule has 0 saturated heterocycles. The molecule has 0 aliphatic rings. The number of hydrogen-bond donors (Lipinski definition) is 2. The number of nitrogen functional groups attached to an aromatic ring is 1. The Morgan fingerprint density at radius 1 is 1.40 bits per heavy atom. The molecule has 2 heterocycles. The highest BCUT2D eigenvalue weighted by atomic mass is 32.1. The molecule has 0 radical (unpaired) electrons. The Hall–Kier alpha value is -2.34. The zero-order valence-corrected chi connectivity index (χ0v) is 11.6. The quantitative estimate of drug-likeness (QED) is 0.721. The molecule has 5 nitrogen and oxygen atoms in total. The highest BCUT2D eigenvalue weighted by Gasteiger charge is 2.09. The third-order valence-electron chi connectivity index (χ3n) is 2.95. The Morgan fingerprint density at radius 3 is 3.10 bits per heavy atom. The highest BCUT2D eigenvalue weighted by Crippen LogP contribution is 2.27. The van der Waals surface area contributed by atoms with Gasteiger partial charge in [-0.1, -0.05) is 0 Å². The number of nitrogens with two attached hydrogens (primary N) is 1. The van der Waals surface area contributed by atoms with Crippen molar-refractivity contribution in [1.29, 1.82) is 0 Å². The van der Waals surface area contributed by atoms with Gasteiger partial charge in [-0.2, -0.15) is 5.10 Å². The summed E-state index contributed by atoms with van der Waals surface area (Å²) >= 11 is 1.47. The molecule has 0 atom stereocenters. The van der Waals surface area contributed by atoms with Crippen molar-refractivity contribution < 1.29 is 4.79 Å². The molecule has 0 unspecified atom stereocenters. The summed E-state index contributed by atoms with van der Waals surface area (Å²) in [5.74, 6) is -0.0584. The van der Waals surface area contributed by atoms with E-state index in [0.717, 1.165) is 10.1 Å². The molecular formula is C14H14N4OS. The lowest BCUT2D eigenvalue weighted by molar-refractivity contribution is 0.0956. The number of thiophene rings is 1. The molecule has 0 fully saturated rings. The maximum atomic E-state index is 12.1. The van der Waals surface area contributed by atoms with Gasteiger partial charge in [-0.15, -0.1) is 11.3 Å². The summed E-state index contributed by atoms with van der Waals surface area (Å²) in [5.41, 5.74) is 6.45. The Kier molecular flexibility index (Phi) is 3.39. The van der Waals surface area contributed by atoms with E-state index in [-0.39, 0.29) is 5.91 Å². The monoisotopic (exact) mass is 286 g/mol. The summed E-state index contributed by atoms with van der Waals surface area (Å²) in [6.45, 7) is 1.22. The number of anilines is 1. The summed E-state index contributed by atoms with van der Waals surface area (Å²) in [4.78, 5) is 12.8. The van der Waals surface area contributed by atoms with Crippen LogP contribution in [0, 0.1) is 0 Å². The Bertz CT molecular complexity index is 733. The number of nitrogens with zero attached hydrogens (tertiary/aromatic N) is 2. The number of aromatic nitrogens is 2. The van der Waals surface area contributed by atoms with Gasteiger partial charge in [-0.05, 0) is 35.7 Å². The topological polar surface area (TPSA) is 72.9 Å². The predicted molar refractivity (Wildman–Crippen MR) is 80.8 cm³/mol. The number of carbonyl (C=O) groups is 1. The smallest absolute Gasteiger partial charge is 0.261 e. The van der Waals surface area contributed by atoms with Crippen molar-refractivity contribution >= 4 is 33.0 Å². The lowest BCUT2D eigenvalue weighted by atomic mass is 10.2. The molecule has 6 heteroatoms. The van der Waals surface area contributed by atoms with Crippen LogP contribution in [0.5, 0.6) is 0 Å². The first-order valence-electron chi connectivity index (χ1n) is 6.27. The van der Waals surface area contributed by atoms with Gasteiger partial charge in [-0.25, -0.2) is 0 Å². The molecule has 3 aromatic rings. The third-order valence-corrected chi connectivity index (χ3v) is 4.06. The van der Waals surface area contributed by atoms with Gasteiger partial charge in [0.1, 0.15) is 0 Å². The second-order valence-corrected chi connectivity index (χ2v) is 5.52. The minimum atomic E-state index is -0.0584. The summed E-state index contributed by atoms with van der Waals surface area (Å²) < 4.78 is 2.85. The van der Waals surface area contributed by atoms with Crippen LogP contribution in [0.4, 0.5) is 5.69 Å². The lowest BCUT2D eigenvalue weighted by Crippen LogP contribution is -2.26. The van der Waals surface area contributed by atoms with Crippen LogP contribution in [0.2, 0.25) is 0 Å². The van der Waals surface area contributed by atoms with Crippen molar-refractivity contribution in [3.05, 3.63) is 47.6 Å². The van der Waals surface area contributed by atoms with Crippen molar-refractivity contribution in [2.45, 2.75) is 6.54 Å². The van der Waals surface area contributed by atoms with Gasteiger partial charge in [0.25, 0.3) is 5.91 Å². The van der Waals surface area contributed by atoms with E-state index in [2.05, 4.69) is 10.4 Å². The summed E-state index contributed by atoms with van der Waals surface area (Å²) in [6.07, 6.45) is 3.59. The first-order valence-corrected chi connectivity index (χ1v) is 7.09. The maximum Gasteiger partial charge on any atom is 0.261 e. The van der Waals surface area contributed by atoms with Crippen molar-refractivity contribution in [1.82, 2.24) is 15.1 Å². The van der Waals surface area contributed by atoms with Crippen LogP contribution in [0.15, 0.2) is 42.7 Å². The van der Waals surface area contributed by atoms with E-state index >= 15 is 0 Å². The number of amides is 1. The molecule has 102 valence electrons. The largest absolute Gasteiger partial charge is 0.399 e. The second-order valence-electron chi connectivity index (χ2n) is 4.43. The van der Waals surface area contributed by atoms with E-state index in [9.17, 15) is 4.79 Å². The number of rotatable bonds is 4. The van der Waals surface area contributed by atoms with Crippen molar-refractivity contribution in [3.8, 4) is 0 Å². The normalized spacial score (nSPS) is 10.8. The predicted octanol–water partition coefficient (Wildman–Crippen LogP) is 2.11. The van der Waals surface area contributed by atoms with Crippen LogP contribution in [0.25, 0.3) is 10.1 Å². The summed E-state index contributed by atoms with van der Waals surface area (Å²) in [5, 5.41) is 7.98. The van der Waals surface area contributed by atoms with Crippen molar-refractivity contribution in [2.24, 2.45) is 0 Å². The molecule has 0 spiro atoms. The van der Waals surface area contributed by atoms with E-state index < -0.39 is 0 Å². The summed E-state index contributed by atoms with van der Waals surface area (Å²) in [6, 6.07) is 9.40. The van der Waals surface area contributed by atoms with E-state index in [1.54, 1.807) is 10.9 Å². The van der Waals surface area contributed by atoms with Gasteiger partial charge in [-0.3, -0.25) is 9.48 Å². The third kappa shape index (κ3) is 2.65. The van der Waals surface area contributed by atoms with Crippen LogP contribution < -0.4 is 11.1 Å². The zero-order chi connectivity index (χ0) is 13.9. The van der Waals surface area contributed by atoms with E-state index in [1.807, 2.05) is 36.5 Å². The lowest BCUT2D eigenvalue weighted by Gasteiger charge is -2.03. The minimum absolute atomic E-state index is 0.0584. The molecule has 2 aromatic heterocycles. The van der Waals surface area contributed by atoms with Crippen molar-refractivity contribution in [2.75, 3.05) is 12.3 Å². The summed E-state index contributed by atoms with van der Waals surface area (Å²) in [7, 11) is 0. The molecule has 1 amide bonds. The fourth-order valence-corrected chi connectivity index (χ4v) is 2.94. The van der Waals surface area contributed by atoms with Crippen molar-refractivity contribution in [3.63, 3.8) is 0 Å². The van der Waals surface area contributed by atoms with Gasteiger partial charge >= 0.3 is 0 Å². The average molecular weight is 286 g/mol. The molecule has 3 N–H and O–H groups in total. The Morgan fingerprint density at radius 2 is 2.30 bits per heavy atom. The molecule has 0 aliphatic heterocycles. The van der Waals surface area contributed by atoms with Crippen LogP contribution in [0.3, 0.4) is 0 Å². The van der Waals surface area contributed by atoms with Crippen LogP contribution in [-0.4, -0.2) is 22.2 Å². The van der Waals surface area contributed by atoms with Crippen LogP contribution in [-0.2, 0) is 6.54 Å². The Labute approximate surface area is 120 Å². The van der Waals surface area contributed by atoms with Gasteiger partial charge in [0, 0.05) is 29.3 Å². The standard InChI is InChI=1S/C14H14N4OS/c15-11-2-3-12-10(8-11)9-13(20-12)14(19)16-5-7-18-6-1-4-17-18/h1-4,6,8-9H,5,7,15H2,(H,16,19). The van der Waals surface area contributed by atoms with E-state index in [4.69, 9.17) is 5.73 Å². The molecule has 3 rings (SSSR count). The molecule has 1 aromatic carbocycles. The first-order chi connectivity index (χ1) is 9.72. The average Bonchev–Trinajstić information content (AvgIpc) is 3.06. The molecule has 0 bridgehead atoms. The molecular weight excluding hydrogens is 272 g/mol. The fraction of sp³-hybridized carbons (Fsp3) is 0.143. The number of nitrogens with one attached hydrogen (secondary N) is 1. The number of carbonyl (C=O) groups excluding carboxylic acids is 1. The van der Waals surface area contributed by atoms with E-state index in [1.165, 1.54) is 11.3 Å². The highest BCUT2D eigenvalue weighted by molar-refractivity contribution is 7.20. The van der Waals surface area contributed by atoms with E-state index in [0.29, 0.717) is 23.7 Å². The van der Waals surface area contributed by atoms with Crippen LogP contribution >= 0.6 is 11.3 Å². The number of fused-ring (bicyclic) bond motifs is 1. The fourth-order valence-electron chi connectivity index (χ4n) is 1.98. The van der Waals surface area contributed by atoms with Crippen LogP contribution in [0.1, 0.15) is 9.67 Å². The minimum Gasteiger partial charge on any atom is -0.399 e. The number of benzene rings is 1. The first kappa shape index (κ1) is 12.7. The zero-order valence-electron chi connectivity index (χ0n) is 10.7. The van der Waals surface area contributed by atoms with Gasteiger partial charge in [0.15, 0.2) is 0 Å². The van der Waals surface area contributed by atoms with Gasteiger partial charge < -0.3 is 11.1 Å². The molecule has 0 saturated carbocycles. The maximum absolute atomic E-state index is 12.1. The second kappa shape index (κ2) is 5.34. The van der Waals surface area contributed by atoms with Gasteiger partial charge in [0.05, 0.1) is 11.4 Å². The van der Waals surface area contributed by atoms with Gasteiger partial charge in [0.2, 0.25) is 0 Å². The molecule has 0 aliphatic carbocycles. The molecule has 20 heavy (non-hydrogen) atoms. The number of hydrogen-bond acceptors (Lipinski definition) is 4. The Balaban J connectivity index is 1.66. The SMILES string of the molecule is Nc1ccc2sc(C(=O)NCCn3cccn3)cc2c1.